The van der Waals surface area contributed by atoms with Crippen molar-refractivity contribution >= 4 is 38.9 Å². The van der Waals surface area contributed by atoms with Gasteiger partial charge in [-0.05, 0) is 55.5 Å². The van der Waals surface area contributed by atoms with Crippen LogP contribution in [0.2, 0.25) is 5.02 Å². The van der Waals surface area contributed by atoms with Crippen LogP contribution in [0.25, 0.3) is 0 Å². The van der Waals surface area contributed by atoms with Crippen LogP contribution in [-0.4, -0.2) is 26.6 Å². The lowest BCUT2D eigenvalue weighted by Gasteiger charge is -2.29. The second-order valence-electron chi connectivity index (χ2n) is 7.35. The topological polar surface area (TPSA) is 66.5 Å². The lowest BCUT2D eigenvalue weighted by molar-refractivity contribution is -0.116. The van der Waals surface area contributed by atoms with Crippen molar-refractivity contribution in [2.75, 3.05) is 15.9 Å². The monoisotopic (exact) mass is 422 g/mol. The van der Waals surface area contributed by atoms with Gasteiger partial charge in [-0.1, -0.05) is 49.7 Å². The van der Waals surface area contributed by atoms with Crippen LogP contribution in [0.3, 0.4) is 0 Å². The van der Waals surface area contributed by atoms with Gasteiger partial charge in [0.2, 0.25) is 15.9 Å². The van der Waals surface area contributed by atoms with Crippen molar-refractivity contribution in [2.45, 2.75) is 46.6 Å². The first-order chi connectivity index (χ1) is 12.9. The maximum atomic E-state index is 13.0. The first-order valence-corrected chi connectivity index (χ1v) is 11.3. The summed E-state index contributed by atoms with van der Waals surface area (Å²) in [6.45, 7) is 9.41. The number of carbonyl (C=O) groups excluding carboxylic acids is 1. The summed E-state index contributed by atoms with van der Waals surface area (Å²) in [5.41, 5.74) is 3.85. The van der Waals surface area contributed by atoms with Crippen LogP contribution in [0, 0.1) is 13.8 Å². The molecular weight excluding hydrogens is 396 g/mol. The van der Waals surface area contributed by atoms with Gasteiger partial charge in [0.05, 0.1) is 11.9 Å². The van der Waals surface area contributed by atoms with Gasteiger partial charge in [0.25, 0.3) is 0 Å². The zero-order valence-electron chi connectivity index (χ0n) is 17.1. The smallest absolute Gasteiger partial charge is 0.248 e. The highest BCUT2D eigenvalue weighted by Crippen LogP contribution is 2.30. The van der Waals surface area contributed by atoms with Gasteiger partial charge in [0.1, 0.15) is 6.04 Å². The van der Waals surface area contributed by atoms with E-state index in [9.17, 15) is 13.2 Å². The molecule has 1 unspecified atom stereocenters. The van der Waals surface area contributed by atoms with Gasteiger partial charge in [0, 0.05) is 10.7 Å². The molecule has 0 fully saturated rings. The van der Waals surface area contributed by atoms with Gasteiger partial charge in [-0.15, -0.1) is 0 Å². The Morgan fingerprint density at radius 3 is 2.25 bits per heavy atom. The predicted molar refractivity (Wildman–Crippen MR) is 117 cm³/mol. The van der Waals surface area contributed by atoms with E-state index in [0.717, 1.165) is 32.9 Å². The van der Waals surface area contributed by atoms with Crippen molar-refractivity contribution in [1.29, 1.82) is 0 Å². The van der Waals surface area contributed by atoms with Crippen molar-refractivity contribution in [3.05, 3.63) is 58.1 Å². The van der Waals surface area contributed by atoms with Crippen LogP contribution in [0.5, 0.6) is 0 Å². The second kappa shape index (κ2) is 8.53. The molecule has 0 bridgehead atoms. The van der Waals surface area contributed by atoms with Gasteiger partial charge in [-0.3, -0.25) is 9.10 Å². The molecule has 2 aromatic carbocycles. The average molecular weight is 423 g/mol. The SMILES string of the molecule is Cc1ccc(N(C(C)C(=O)Nc2c(C)cccc2C(C)C)S(C)(=O)=O)cc1Cl. The molecule has 0 spiro atoms. The predicted octanol–water partition coefficient (Wildman–Crippen LogP) is 4.87. The van der Waals surface area contributed by atoms with E-state index in [1.165, 1.54) is 0 Å². The number of aryl methyl sites for hydroxylation is 2. The molecule has 0 saturated carbocycles. The lowest BCUT2D eigenvalue weighted by Crippen LogP contribution is -2.45. The number of para-hydroxylation sites is 1. The highest BCUT2D eigenvalue weighted by molar-refractivity contribution is 7.92. The van der Waals surface area contributed by atoms with Crippen LogP contribution < -0.4 is 9.62 Å². The number of hydrogen-bond acceptors (Lipinski definition) is 3. The van der Waals surface area contributed by atoms with Crippen LogP contribution in [0.15, 0.2) is 36.4 Å². The fraction of sp³-hybridized carbons (Fsp3) is 0.381. The van der Waals surface area contributed by atoms with Gasteiger partial charge in [-0.2, -0.15) is 0 Å². The van der Waals surface area contributed by atoms with E-state index in [-0.39, 0.29) is 5.92 Å². The summed E-state index contributed by atoms with van der Waals surface area (Å²) < 4.78 is 26.0. The van der Waals surface area contributed by atoms with Gasteiger partial charge in [0.15, 0.2) is 0 Å². The van der Waals surface area contributed by atoms with Crippen molar-refractivity contribution in [1.82, 2.24) is 0 Å². The lowest BCUT2D eigenvalue weighted by atomic mass is 9.98. The van der Waals surface area contributed by atoms with Crippen LogP contribution in [0.1, 0.15) is 43.4 Å². The number of nitrogens with zero attached hydrogens (tertiary/aromatic N) is 1. The number of halogens is 1. The third-order valence-corrected chi connectivity index (χ3v) is 6.32. The van der Waals surface area contributed by atoms with Gasteiger partial charge < -0.3 is 5.32 Å². The minimum Gasteiger partial charge on any atom is -0.324 e. The van der Waals surface area contributed by atoms with Gasteiger partial charge >= 0.3 is 0 Å². The van der Waals surface area contributed by atoms with E-state index >= 15 is 0 Å². The highest BCUT2D eigenvalue weighted by Gasteiger charge is 2.30. The van der Waals surface area contributed by atoms with E-state index in [1.54, 1.807) is 25.1 Å². The molecule has 1 N–H and O–H groups in total. The molecule has 2 rings (SSSR count). The summed E-state index contributed by atoms with van der Waals surface area (Å²) in [5, 5.41) is 3.37. The Labute approximate surface area is 172 Å². The molecule has 0 heterocycles. The minimum atomic E-state index is -3.71. The van der Waals surface area contributed by atoms with Crippen molar-refractivity contribution in [2.24, 2.45) is 0 Å². The molecule has 0 aliphatic rings. The summed E-state index contributed by atoms with van der Waals surface area (Å²) in [4.78, 5) is 13.0. The number of carbonyl (C=O) groups is 1. The Kier molecular flexibility index (Phi) is 6.78. The highest BCUT2D eigenvalue weighted by atomic mass is 35.5. The zero-order valence-corrected chi connectivity index (χ0v) is 18.6. The summed E-state index contributed by atoms with van der Waals surface area (Å²) in [5.74, 6) is -0.189. The summed E-state index contributed by atoms with van der Waals surface area (Å²) >= 11 is 6.18. The van der Waals surface area contributed by atoms with E-state index in [0.29, 0.717) is 10.7 Å². The largest absolute Gasteiger partial charge is 0.324 e. The number of hydrogen-bond donors (Lipinski definition) is 1. The molecule has 2 aromatic rings. The number of rotatable bonds is 6. The maximum absolute atomic E-state index is 13.0. The third kappa shape index (κ3) is 4.86. The summed E-state index contributed by atoms with van der Waals surface area (Å²) in [6.07, 6.45) is 1.08. The average Bonchev–Trinajstić information content (AvgIpc) is 2.58. The quantitative estimate of drug-likeness (QED) is 0.721. The zero-order chi connectivity index (χ0) is 21.2. The molecule has 0 radical (unpaired) electrons. The minimum absolute atomic E-state index is 0.215. The molecule has 0 saturated heterocycles. The Bertz CT molecular complexity index is 987. The van der Waals surface area contributed by atoms with E-state index in [2.05, 4.69) is 5.32 Å². The van der Waals surface area contributed by atoms with E-state index < -0.39 is 22.0 Å². The molecule has 28 heavy (non-hydrogen) atoms. The normalized spacial score (nSPS) is 12.7. The van der Waals surface area contributed by atoms with Crippen molar-refractivity contribution in [3.8, 4) is 0 Å². The number of sulfonamides is 1. The Morgan fingerprint density at radius 1 is 1.07 bits per heavy atom. The molecule has 0 aliphatic carbocycles. The van der Waals surface area contributed by atoms with E-state index in [4.69, 9.17) is 11.6 Å². The molecule has 0 aliphatic heterocycles. The number of nitrogens with one attached hydrogen (secondary N) is 1. The molecule has 1 atom stereocenters. The van der Waals surface area contributed by atoms with Crippen LogP contribution in [-0.2, 0) is 14.8 Å². The van der Waals surface area contributed by atoms with Crippen LogP contribution >= 0.6 is 11.6 Å². The van der Waals surface area contributed by atoms with Gasteiger partial charge in [-0.25, -0.2) is 8.42 Å². The summed E-state index contributed by atoms with van der Waals surface area (Å²) in [6, 6.07) is 9.83. The first kappa shape index (κ1) is 22.2. The summed E-state index contributed by atoms with van der Waals surface area (Å²) in [7, 11) is -3.71. The molecule has 1 amide bonds. The fourth-order valence-corrected chi connectivity index (χ4v) is 4.44. The van der Waals surface area contributed by atoms with Crippen molar-refractivity contribution in [3.63, 3.8) is 0 Å². The third-order valence-electron chi connectivity index (χ3n) is 4.67. The molecule has 5 nitrogen and oxygen atoms in total. The fourth-order valence-electron chi connectivity index (χ4n) is 3.10. The number of benzene rings is 2. The number of anilines is 2. The Balaban J connectivity index is 2.42. The molecule has 152 valence electrons. The Morgan fingerprint density at radius 2 is 1.71 bits per heavy atom. The Hall–Kier alpha value is -2.05. The van der Waals surface area contributed by atoms with Crippen molar-refractivity contribution < 1.29 is 13.2 Å². The maximum Gasteiger partial charge on any atom is 0.248 e. The standard InChI is InChI=1S/C21H27ClN2O3S/c1-13(2)18-9-7-8-15(4)20(18)23-21(25)16(5)24(28(6,26)27)17-11-10-14(3)19(22)12-17/h7-13,16H,1-6H3,(H,23,25). The first-order valence-electron chi connectivity index (χ1n) is 9.09. The molecular formula is C21H27ClN2O3S. The number of amides is 1. The molecule has 0 aromatic heterocycles. The molecule has 7 heteroatoms. The second-order valence-corrected chi connectivity index (χ2v) is 9.62. The van der Waals surface area contributed by atoms with Crippen LogP contribution in [0.4, 0.5) is 11.4 Å². The van der Waals surface area contributed by atoms with E-state index in [1.807, 2.05) is 45.9 Å².